The molecule has 0 saturated heterocycles. The molecule has 5 heteroatoms. The zero-order valence-corrected chi connectivity index (χ0v) is 13.3. The highest BCUT2D eigenvalue weighted by atomic mass is 16.3. The van der Waals surface area contributed by atoms with Gasteiger partial charge in [-0.15, -0.1) is 0 Å². The number of amides is 2. The highest BCUT2D eigenvalue weighted by Gasteiger charge is 2.11. The molecule has 1 aromatic carbocycles. The molecule has 0 aliphatic heterocycles. The van der Waals surface area contributed by atoms with Crippen molar-refractivity contribution in [2.24, 2.45) is 7.05 Å². The summed E-state index contributed by atoms with van der Waals surface area (Å²) in [4.78, 5) is 11.9. The van der Waals surface area contributed by atoms with Gasteiger partial charge in [-0.2, -0.15) is 0 Å². The second kappa shape index (κ2) is 7.13. The number of benzene rings is 1. The van der Waals surface area contributed by atoms with Gasteiger partial charge in [-0.25, -0.2) is 4.79 Å². The van der Waals surface area contributed by atoms with E-state index >= 15 is 0 Å². The number of nitrogens with zero attached hydrogens (tertiary/aromatic N) is 1. The van der Waals surface area contributed by atoms with Crippen LogP contribution in [-0.4, -0.2) is 22.2 Å². The zero-order chi connectivity index (χ0) is 16.1. The average molecular weight is 301 g/mol. The number of hydrogen-bond acceptors (Lipinski definition) is 2. The van der Waals surface area contributed by atoms with Gasteiger partial charge in [-0.1, -0.05) is 6.07 Å². The summed E-state index contributed by atoms with van der Waals surface area (Å²) in [6.45, 7) is 4.39. The number of nitrogens with one attached hydrogen (secondary N) is 2. The molecule has 2 amide bonds. The van der Waals surface area contributed by atoms with Crippen molar-refractivity contribution in [2.75, 3.05) is 11.9 Å². The molecule has 22 heavy (non-hydrogen) atoms. The van der Waals surface area contributed by atoms with Crippen molar-refractivity contribution in [3.05, 3.63) is 53.3 Å². The Kier molecular flexibility index (Phi) is 5.22. The van der Waals surface area contributed by atoms with Crippen LogP contribution in [0, 0.1) is 13.8 Å². The van der Waals surface area contributed by atoms with Gasteiger partial charge in [0.25, 0.3) is 0 Å². The molecule has 1 unspecified atom stereocenters. The molecule has 0 radical (unpaired) electrons. The van der Waals surface area contributed by atoms with Crippen LogP contribution < -0.4 is 10.6 Å². The topological polar surface area (TPSA) is 66.3 Å². The maximum absolute atomic E-state index is 11.9. The smallest absolute Gasteiger partial charge is 0.319 e. The van der Waals surface area contributed by atoms with Gasteiger partial charge in [0.05, 0.1) is 6.10 Å². The monoisotopic (exact) mass is 301 g/mol. The Morgan fingerprint density at radius 1 is 1.27 bits per heavy atom. The zero-order valence-electron chi connectivity index (χ0n) is 13.3. The number of aliphatic hydroxyl groups is 1. The van der Waals surface area contributed by atoms with Crippen LogP contribution in [0.3, 0.4) is 0 Å². The Bertz CT molecular complexity index is 629. The molecule has 0 bridgehead atoms. The normalized spacial score (nSPS) is 12.0. The molecule has 5 nitrogen and oxygen atoms in total. The molecule has 1 aromatic heterocycles. The van der Waals surface area contributed by atoms with E-state index in [0.717, 1.165) is 22.5 Å². The van der Waals surface area contributed by atoms with E-state index in [9.17, 15) is 9.90 Å². The molecule has 2 aromatic rings. The van der Waals surface area contributed by atoms with Crippen LogP contribution in [0.5, 0.6) is 0 Å². The summed E-state index contributed by atoms with van der Waals surface area (Å²) in [6.07, 6.45) is 1.78. The standard InChI is InChI=1S/C17H23N3O2/c1-12-9-13(2)11-14(10-12)19-17(22)18-7-6-16(21)15-5-4-8-20(15)3/h4-5,8-11,16,21H,6-7H2,1-3H3,(H2,18,19,22). The Morgan fingerprint density at radius 3 is 2.55 bits per heavy atom. The SMILES string of the molecule is Cc1cc(C)cc(NC(=O)NCCC(O)c2cccn2C)c1. The van der Waals surface area contributed by atoms with Gasteiger partial charge in [0, 0.05) is 31.2 Å². The highest BCUT2D eigenvalue weighted by molar-refractivity contribution is 5.89. The number of urea groups is 1. The van der Waals surface area contributed by atoms with Gasteiger partial charge in [0.1, 0.15) is 0 Å². The first kappa shape index (κ1) is 16.1. The number of aliphatic hydroxyl groups excluding tert-OH is 1. The minimum absolute atomic E-state index is 0.260. The lowest BCUT2D eigenvalue weighted by Gasteiger charge is -2.13. The predicted molar refractivity (Wildman–Crippen MR) is 87.9 cm³/mol. The summed E-state index contributed by atoms with van der Waals surface area (Å²) in [6, 6.07) is 9.40. The van der Waals surface area contributed by atoms with Gasteiger partial charge < -0.3 is 20.3 Å². The van der Waals surface area contributed by atoms with E-state index in [1.807, 2.05) is 55.9 Å². The Labute approximate surface area is 131 Å². The lowest BCUT2D eigenvalue weighted by Crippen LogP contribution is -2.30. The number of anilines is 1. The second-order valence-electron chi connectivity index (χ2n) is 5.61. The number of rotatable bonds is 5. The maximum Gasteiger partial charge on any atom is 0.319 e. The van der Waals surface area contributed by atoms with Gasteiger partial charge in [-0.3, -0.25) is 0 Å². The summed E-state index contributed by atoms with van der Waals surface area (Å²) in [7, 11) is 1.89. The average Bonchev–Trinajstić information content (AvgIpc) is 2.83. The quantitative estimate of drug-likeness (QED) is 0.795. The first-order chi connectivity index (χ1) is 10.5. The third-order valence-electron chi connectivity index (χ3n) is 3.51. The van der Waals surface area contributed by atoms with Crippen LogP contribution >= 0.6 is 0 Å². The van der Waals surface area contributed by atoms with Crippen molar-refractivity contribution in [3.8, 4) is 0 Å². The molecule has 1 heterocycles. The molecule has 1 atom stereocenters. The molecule has 0 saturated carbocycles. The minimum Gasteiger partial charge on any atom is -0.387 e. The summed E-state index contributed by atoms with van der Waals surface area (Å²) in [5, 5.41) is 15.6. The van der Waals surface area contributed by atoms with Crippen molar-refractivity contribution >= 4 is 11.7 Å². The molecule has 0 aliphatic carbocycles. The second-order valence-corrected chi connectivity index (χ2v) is 5.61. The van der Waals surface area contributed by atoms with Crippen LogP contribution in [0.2, 0.25) is 0 Å². The van der Waals surface area contributed by atoms with Crippen molar-refractivity contribution in [3.63, 3.8) is 0 Å². The summed E-state index contributed by atoms with van der Waals surface area (Å²) < 4.78 is 1.88. The third kappa shape index (κ3) is 4.36. The molecular formula is C17H23N3O2. The summed E-state index contributed by atoms with van der Waals surface area (Å²) in [5.41, 5.74) is 3.83. The Morgan fingerprint density at radius 2 is 1.95 bits per heavy atom. The Hall–Kier alpha value is -2.27. The molecule has 0 spiro atoms. The summed E-state index contributed by atoms with van der Waals surface area (Å²) >= 11 is 0. The van der Waals surface area contributed by atoms with Crippen LogP contribution in [0.25, 0.3) is 0 Å². The fourth-order valence-electron chi connectivity index (χ4n) is 2.51. The molecule has 0 fully saturated rings. The van der Waals surface area contributed by atoms with Crippen LogP contribution in [0.1, 0.15) is 29.3 Å². The summed E-state index contributed by atoms with van der Waals surface area (Å²) in [5.74, 6) is 0. The number of carbonyl (C=O) groups is 1. The van der Waals surface area contributed by atoms with E-state index in [1.165, 1.54) is 0 Å². The maximum atomic E-state index is 11.9. The van der Waals surface area contributed by atoms with E-state index < -0.39 is 6.10 Å². The molecule has 0 aliphatic rings. The van der Waals surface area contributed by atoms with Crippen LogP contribution in [0.4, 0.5) is 10.5 Å². The van der Waals surface area contributed by atoms with Crippen LogP contribution in [-0.2, 0) is 7.05 Å². The number of hydrogen-bond donors (Lipinski definition) is 3. The van der Waals surface area contributed by atoms with Crippen molar-refractivity contribution < 1.29 is 9.90 Å². The predicted octanol–water partition coefficient (Wildman–Crippen LogP) is 2.89. The number of aryl methyl sites for hydroxylation is 3. The highest BCUT2D eigenvalue weighted by Crippen LogP contribution is 2.16. The van der Waals surface area contributed by atoms with E-state index in [1.54, 1.807) is 0 Å². The molecule has 118 valence electrons. The molecule has 3 N–H and O–H groups in total. The number of aromatic nitrogens is 1. The molecular weight excluding hydrogens is 278 g/mol. The van der Waals surface area contributed by atoms with Crippen molar-refractivity contribution in [2.45, 2.75) is 26.4 Å². The number of carbonyl (C=O) groups excluding carboxylic acids is 1. The first-order valence-corrected chi connectivity index (χ1v) is 7.38. The fraction of sp³-hybridized carbons (Fsp3) is 0.353. The van der Waals surface area contributed by atoms with E-state index in [0.29, 0.717) is 13.0 Å². The minimum atomic E-state index is -0.582. The fourth-order valence-corrected chi connectivity index (χ4v) is 2.51. The van der Waals surface area contributed by atoms with Gasteiger partial charge >= 0.3 is 6.03 Å². The Balaban J connectivity index is 1.79. The van der Waals surface area contributed by atoms with Gasteiger partial charge in [0.2, 0.25) is 0 Å². The molecule has 2 rings (SSSR count). The lowest BCUT2D eigenvalue weighted by atomic mass is 10.1. The van der Waals surface area contributed by atoms with E-state index in [2.05, 4.69) is 16.7 Å². The van der Waals surface area contributed by atoms with Gasteiger partial charge in [0.15, 0.2) is 0 Å². The van der Waals surface area contributed by atoms with Gasteiger partial charge in [-0.05, 0) is 55.7 Å². The van der Waals surface area contributed by atoms with E-state index in [4.69, 9.17) is 0 Å². The lowest BCUT2D eigenvalue weighted by molar-refractivity contribution is 0.159. The van der Waals surface area contributed by atoms with E-state index in [-0.39, 0.29) is 6.03 Å². The van der Waals surface area contributed by atoms with Crippen molar-refractivity contribution in [1.29, 1.82) is 0 Å². The first-order valence-electron chi connectivity index (χ1n) is 7.38. The van der Waals surface area contributed by atoms with Crippen LogP contribution in [0.15, 0.2) is 36.5 Å². The third-order valence-corrected chi connectivity index (χ3v) is 3.51. The largest absolute Gasteiger partial charge is 0.387 e. The van der Waals surface area contributed by atoms with Crippen molar-refractivity contribution in [1.82, 2.24) is 9.88 Å².